The predicted octanol–water partition coefficient (Wildman–Crippen LogP) is 1.72. The molecule has 9 heavy (non-hydrogen) atoms. The van der Waals surface area contributed by atoms with E-state index < -0.39 is 10.8 Å². The highest BCUT2D eigenvalue weighted by Crippen LogP contribution is 2.10. The lowest BCUT2D eigenvalue weighted by atomic mass is 10.3. The van der Waals surface area contributed by atoms with Crippen molar-refractivity contribution < 1.29 is 4.21 Å². The first-order valence-corrected chi connectivity index (χ1v) is 4.29. The molecule has 0 amide bonds. The van der Waals surface area contributed by atoms with E-state index in [4.69, 9.17) is 0 Å². The Hall–Kier alpha value is -0.110. The highest BCUT2D eigenvalue weighted by molar-refractivity contribution is 7.86. The summed E-state index contributed by atoms with van der Waals surface area (Å²) in [7, 11) is -0.755. The second-order valence-electron chi connectivity index (χ2n) is 2.91. The van der Waals surface area contributed by atoms with Gasteiger partial charge in [0.1, 0.15) is 0 Å². The van der Waals surface area contributed by atoms with Crippen LogP contribution >= 0.6 is 0 Å². The van der Waals surface area contributed by atoms with Gasteiger partial charge in [-0.25, -0.2) is 0 Å². The zero-order valence-electron chi connectivity index (χ0n) is 6.31. The van der Waals surface area contributed by atoms with E-state index >= 15 is 0 Å². The first-order chi connectivity index (χ1) is 3.98. The van der Waals surface area contributed by atoms with E-state index in [0.717, 1.165) is 0 Å². The van der Waals surface area contributed by atoms with E-state index in [1.165, 1.54) is 0 Å². The molecule has 0 radical (unpaired) electrons. The Morgan fingerprint density at radius 2 is 2.00 bits per heavy atom. The predicted molar refractivity (Wildman–Crippen MR) is 43.0 cm³/mol. The Bertz CT molecular complexity index is 121. The minimum absolute atomic E-state index is 0.0891. The van der Waals surface area contributed by atoms with E-state index in [1.54, 1.807) is 6.08 Å². The van der Waals surface area contributed by atoms with Gasteiger partial charge in [0.2, 0.25) is 0 Å². The molecule has 0 spiro atoms. The number of rotatable bonds is 2. The van der Waals surface area contributed by atoms with Crippen LogP contribution in [0.1, 0.15) is 20.8 Å². The summed E-state index contributed by atoms with van der Waals surface area (Å²) in [6, 6.07) is 0. The third-order valence-electron chi connectivity index (χ3n) is 0.952. The van der Waals surface area contributed by atoms with Crippen molar-refractivity contribution in [3.8, 4) is 0 Å². The van der Waals surface area contributed by atoms with Gasteiger partial charge in [0.05, 0.1) is 0 Å². The Balaban J connectivity index is 3.88. The summed E-state index contributed by atoms with van der Waals surface area (Å²) in [6.45, 7) is 9.42. The zero-order chi connectivity index (χ0) is 7.49. The van der Waals surface area contributed by atoms with Gasteiger partial charge in [0, 0.05) is 21.3 Å². The van der Waals surface area contributed by atoms with Crippen molar-refractivity contribution in [1.82, 2.24) is 0 Å². The summed E-state index contributed by atoms with van der Waals surface area (Å²) in [5.74, 6) is 0.601. The third-order valence-corrected chi connectivity index (χ3v) is 2.86. The molecule has 1 atom stereocenters. The lowest BCUT2D eigenvalue weighted by molar-refractivity contribution is 0.651. The zero-order valence-corrected chi connectivity index (χ0v) is 7.12. The van der Waals surface area contributed by atoms with Crippen molar-refractivity contribution in [2.24, 2.45) is 0 Å². The normalized spacial score (nSPS) is 15.0. The van der Waals surface area contributed by atoms with E-state index in [-0.39, 0.29) is 4.75 Å². The topological polar surface area (TPSA) is 17.1 Å². The van der Waals surface area contributed by atoms with Crippen LogP contribution in [0.5, 0.6) is 0 Å². The first-order valence-electron chi connectivity index (χ1n) is 2.98. The molecule has 0 rings (SSSR count). The van der Waals surface area contributed by atoms with Crippen LogP contribution in [0.25, 0.3) is 0 Å². The molecule has 0 fully saturated rings. The van der Waals surface area contributed by atoms with Crippen LogP contribution in [-0.4, -0.2) is 14.7 Å². The maximum Gasteiger partial charge on any atom is 0.0418 e. The quantitative estimate of drug-likeness (QED) is 0.542. The minimum Gasteiger partial charge on any atom is -0.259 e. The lowest BCUT2D eigenvalue weighted by Gasteiger charge is -2.15. The Labute approximate surface area is 59.6 Å². The molecule has 54 valence electrons. The maximum absolute atomic E-state index is 11.1. The van der Waals surface area contributed by atoms with Crippen LogP contribution in [-0.2, 0) is 10.8 Å². The van der Waals surface area contributed by atoms with Crippen LogP contribution < -0.4 is 0 Å². The summed E-state index contributed by atoms with van der Waals surface area (Å²) in [4.78, 5) is 0. The largest absolute Gasteiger partial charge is 0.259 e. The monoisotopic (exact) mass is 146 g/mol. The molecule has 0 saturated carbocycles. The fourth-order valence-corrected chi connectivity index (χ4v) is 1.07. The molecule has 0 aromatic rings. The van der Waals surface area contributed by atoms with Crippen molar-refractivity contribution in [2.75, 3.05) is 5.75 Å². The second kappa shape index (κ2) is 3.16. The standard InChI is InChI=1S/C7H14OS/c1-5-6-9(8)7(2,3)4/h5H,1,6H2,2-4H3. The van der Waals surface area contributed by atoms with Crippen LogP contribution in [0.2, 0.25) is 0 Å². The Morgan fingerprint density at radius 1 is 1.56 bits per heavy atom. The van der Waals surface area contributed by atoms with Gasteiger partial charge in [-0.3, -0.25) is 4.21 Å². The molecule has 0 aliphatic heterocycles. The van der Waals surface area contributed by atoms with Gasteiger partial charge in [-0.15, -0.1) is 6.58 Å². The van der Waals surface area contributed by atoms with Crippen molar-refractivity contribution in [1.29, 1.82) is 0 Å². The number of hydrogen-bond donors (Lipinski definition) is 0. The fraction of sp³-hybridized carbons (Fsp3) is 0.714. The molecular formula is C7H14OS. The molecule has 1 nitrogen and oxygen atoms in total. The van der Waals surface area contributed by atoms with Gasteiger partial charge in [-0.1, -0.05) is 6.08 Å². The lowest BCUT2D eigenvalue weighted by Crippen LogP contribution is -2.23. The molecule has 0 bridgehead atoms. The van der Waals surface area contributed by atoms with Crippen molar-refractivity contribution in [3.05, 3.63) is 12.7 Å². The minimum atomic E-state index is -0.755. The van der Waals surface area contributed by atoms with Crippen molar-refractivity contribution in [2.45, 2.75) is 25.5 Å². The molecule has 0 N–H and O–H groups in total. The second-order valence-corrected chi connectivity index (χ2v) is 5.16. The maximum atomic E-state index is 11.1. The van der Waals surface area contributed by atoms with Gasteiger partial charge >= 0.3 is 0 Å². The first kappa shape index (κ1) is 8.89. The van der Waals surface area contributed by atoms with Crippen LogP contribution in [0, 0.1) is 0 Å². The van der Waals surface area contributed by atoms with E-state index in [2.05, 4.69) is 6.58 Å². The van der Waals surface area contributed by atoms with Crippen LogP contribution in [0.3, 0.4) is 0 Å². The van der Waals surface area contributed by atoms with Crippen molar-refractivity contribution in [3.63, 3.8) is 0 Å². The molecular weight excluding hydrogens is 132 g/mol. The van der Waals surface area contributed by atoms with E-state index in [1.807, 2.05) is 20.8 Å². The summed E-state index contributed by atoms with van der Waals surface area (Å²) in [5.41, 5.74) is 0. The highest BCUT2D eigenvalue weighted by atomic mass is 32.2. The number of hydrogen-bond acceptors (Lipinski definition) is 1. The van der Waals surface area contributed by atoms with Crippen molar-refractivity contribution >= 4 is 10.8 Å². The molecule has 2 heteroatoms. The third kappa shape index (κ3) is 3.46. The summed E-state index contributed by atoms with van der Waals surface area (Å²) < 4.78 is 11.0. The average Bonchev–Trinajstić information content (AvgIpc) is 1.64. The average molecular weight is 146 g/mol. The summed E-state index contributed by atoms with van der Waals surface area (Å²) >= 11 is 0. The molecule has 0 aliphatic rings. The smallest absolute Gasteiger partial charge is 0.0418 e. The van der Waals surface area contributed by atoms with Gasteiger partial charge in [0.25, 0.3) is 0 Å². The molecule has 0 aromatic carbocycles. The molecule has 0 heterocycles. The summed E-state index contributed by atoms with van der Waals surface area (Å²) in [5, 5.41) is 0. The van der Waals surface area contributed by atoms with Gasteiger partial charge in [0.15, 0.2) is 0 Å². The molecule has 0 saturated heterocycles. The van der Waals surface area contributed by atoms with Crippen LogP contribution in [0.4, 0.5) is 0 Å². The summed E-state index contributed by atoms with van der Waals surface area (Å²) in [6.07, 6.45) is 1.70. The van der Waals surface area contributed by atoms with E-state index in [0.29, 0.717) is 5.75 Å². The molecule has 0 aromatic heterocycles. The highest BCUT2D eigenvalue weighted by Gasteiger charge is 2.16. The van der Waals surface area contributed by atoms with Crippen LogP contribution in [0.15, 0.2) is 12.7 Å². The SMILES string of the molecule is C=CCS(=O)C(C)(C)C. The Morgan fingerprint density at radius 3 is 2.11 bits per heavy atom. The van der Waals surface area contributed by atoms with Gasteiger partial charge in [-0.2, -0.15) is 0 Å². The van der Waals surface area contributed by atoms with Gasteiger partial charge < -0.3 is 0 Å². The van der Waals surface area contributed by atoms with Gasteiger partial charge in [-0.05, 0) is 20.8 Å². The Kier molecular flexibility index (Phi) is 3.12. The fourth-order valence-electron chi connectivity index (χ4n) is 0.357. The molecule has 1 unspecified atom stereocenters. The van der Waals surface area contributed by atoms with E-state index in [9.17, 15) is 4.21 Å². The molecule has 0 aliphatic carbocycles.